The van der Waals surface area contributed by atoms with Gasteiger partial charge in [0.05, 0.1) is 16.7 Å². The van der Waals surface area contributed by atoms with Crippen molar-refractivity contribution in [2.75, 3.05) is 11.5 Å². The molecule has 0 radical (unpaired) electrons. The van der Waals surface area contributed by atoms with Crippen molar-refractivity contribution in [3.05, 3.63) is 116 Å². The summed E-state index contributed by atoms with van der Waals surface area (Å²) in [7, 11) is 0. The van der Waals surface area contributed by atoms with Crippen LogP contribution in [-0.2, 0) is 0 Å². The van der Waals surface area contributed by atoms with Crippen LogP contribution in [0.25, 0.3) is 55.4 Å². The van der Waals surface area contributed by atoms with Crippen LogP contribution in [0.4, 0.5) is 11.9 Å². The zero-order valence-corrected chi connectivity index (χ0v) is 23.6. The van der Waals surface area contributed by atoms with Gasteiger partial charge in [-0.3, -0.25) is 8.80 Å². The fraction of sp³-hybridized carbons (Fsp3) is 0.0312. The second-order valence-electron chi connectivity index (χ2n) is 9.81. The van der Waals surface area contributed by atoms with Crippen molar-refractivity contribution in [1.82, 2.24) is 48.7 Å². The first-order chi connectivity index (χ1) is 21.6. The van der Waals surface area contributed by atoms with E-state index in [1.165, 1.54) is 0 Å². The Morgan fingerprint density at radius 3 is 2.25 bits per heavy atom. The lowest BCUT2D eigenvalue weighted by atomic mass is 10.1. The van der Waals surface area contributed by atoms with Crippen LogP contribution in [0.3, 0.4) is 0 Å². The average Bonchev–Trinajstić information content (AvgIpc) is 3.76. The van der Waals surface area contributed by atoms with Crippen LogP contribution in [0, 0.1) is 6.92 Å². The molecule has 12 nitrogen and oxygen atoms in total. The van der Waals surface area contributed by atoms with Crippen LogP contribution in [0.5, 0.6) is 0 Å². The van der Waals surface area contributed by atoms with Gasteiger partial charge < -0.3 is 16.5 Å². The highest BCUT2D eigenvalue weighted by molar-refractivity contribution is 6.04. The first-order valence-electron chi connectivity index (χ1n) is 13.7. The maximum absolute atomic E-state index is 6.00. The van der Waals surface area contributed by atoms with Gasteiger partial charge in [0.15, 0.2) is 0 Å². The third-order valence-corrected chi connectivity index (χ3v) is 7.11. The Morgan fingerprint density at radius 1 is 0.659 bits per heavy atom. The van der Waals surface area contributed by atoms with Crippen molar-refractivity contribution in [3.63, 3.8) is 0 Å². The van der Waals surface area contributed by atoms with E-state index in [1.807, 2.05) is 78.3 Å². The van der Waals surface area contributed by atoms with Crippen LogP contribution in [-0.4, -0.2) is 48.7 Å². The predicted octanol–water partition coefficient (Wildman–Crippen LogP) is 5.26. The lowest BCUT2D eigenvalue weighted by Gasteiger charge is -2.02. The molecule has 9 aromatic rings. The van der Waals surface area contributed by atoms with E-state index in [1.54, 1.807) is 31.0 Å². The van der Waals surface area contributed by atoms with Gasteiger partial charge in [0, 0.05) is 65.1 Å². The highest BCUT2D eigenvalue weighted by Gasteiger charge is 2.17. The number of aryl methyl sites for hydroxylation is 1. The van der Waals surface area contributed by atoms with Gasteiger partial charge in [0.2, 0.25) is 11.9 Å². The largest absolute Gasteiger partial charge is 0.369 e. The third-order valence-electron chi connectivity index (χ3n) is 7.11. The smallest absolute Gasteiger partial charge is 0.220 e. The van der Waals surface area contributed by atoms with Gasteiger partial charge in [-0.25, -0.2) is 34.9 Å². The average molecular weight is 579 g/mol. The van der Waals surface area contributed by atoms with E-state index in [-0.39, 0.29) is 5.95 Å². The molecule has 0 fully saturated rings. The molecule has 0 bridgehead atoms. The molecule has 0 spiro atoms. The molecule has 214 valence electrons. The minimum atomic E-state index is 0.228. The Bertz CT molecular complexity index is 2370. The topological polar surface area (TPSA) is 167 Å². The standard InChI is InChI=1S/C14H11N7.C11H9N3.C7H6N2/c15-13-18-6-3-9(20-13)11-8-2-1-5-17-12(8)21-10(11)4-7-19-14(21)16;1-8-12-6-4-10-7-9-3-2-5-13-11(9)14(8)10;1-2-6-3-5-9-7(6)8-4-1/h1-7H,(H2,16,19)(H2,15,18,20);2-7H,1H3;1-5H,(H,8,9). The Balaban J connectivity index is 0.000000116. The Morgan fingerprint density at radius 2 is 1.41 bits per heavy atom. The number of H-pyrrole nitrogens is 1. The first-order valence-corrected chi connectivity index (χ1v) is 13.7. The lowest BCUT2D eigenvalue weighted by molar-refractivity contribution is 1.00. The Hall–Kier alpha value is -6.43. The van der Waals surface area contributed by atoms with E-state index in [0.717, 1.165) is 61.2 Å². The number of aromatic amines is 1. The van der Waals surface area contributed by atoms with Crippen molar-refractivity contribution < 1.29 is 0 Å². The molecule has 9 rings (SSSR count). The molecule has 0 saturated heterocycles. The zero-order chi connectivity index (χ0) is 30.0. The van der Waals surface area contributed by atoms with Crippen LogP contribution in [0.2, 0.25) is 0 Å². The molecule has 0 aliphatic rings. The quantitative estimate of drug-likeness (QED) is 0.235. The van der Waals surface area contributed by atoms with E-state index in [0.29, 0.717) is 5.95 Å². The fourth-order valence-electron chi connectivity index (χ4n) is 5.23. The molecule has 0 aliphatic heterocycles. The fourth-order valence-corrected chi connectivity index (χ4v) is 5.23. The minimum absolute atomic E-state index is 0.228. The third kappa shape index (κ3) is 4.75. The molecule has 0 aliphatic carbocycles. The van der Waals surface area contributed by atoms with Crippen LogP contribution < -0.4 is 11.5 Å². The number of hydrogen-bond acceptors (Lipinski definition) is 9. The molecule has 0 atom stereocenters. The summed E-state index contributed by atoms with van der Waals surface area (Å²) < 4.78 is 3.87. The Kier molecular flexibility index (Phi) is 6.68. The van der Waals surface area contributed by atoms with Crippen molar-refractivity contribution in [1.29, 1.82) is 0 Å². The second kappa shape index (κ2) is 11.1. The molecular formula is C32H26N12. The number of nitrogens with zero attached hydrogens (tertiary/aromatic N) is 9. The van der Waals surface area contributed by atoms with Gasteiger partial charge in [-0.05, 0) is 73.7 Å². The van der Waals surface area contributed by atoms with Crippen molar-refractivity contribution in [3.8, 4) is 11.3 Å². The van der Waals surface area contributed by atoms with Gasteiger partial charge in [0.1, 0.15) is 22.8 Å². The van der Waals surface area contributed by atoms with Crippen LogP contribution in [0.1, 0.15) is 5.82 Å². The van der Waals surface area contributed by atoms with E-state index in [2.05, 4.69) is 56.4 Å². The second-order valence-corrected chi connectivity index (χ2v) is 9.81. The van der Waals surface area contributed by atoms with Crippen LogP contribution in [0.15, 0.2) is 110 Å². The number of nitrogen functional groups attached to an aromatic ring is 2. The molecular weight excluding hydrogens is 552 g/mol. The maximum atomic E-state index is 6.00. The first kappa shape index (κ1) is 26.5. The summed E-state index contributed by atoms with van der Waals surface area (Å²) in [5, 5.41) is 3.26. The summed E-state index contributed by atoms with van der Waals surface area (Å²) in [6, 6.07) is 21.6. The van der Waals surface area contributed by atoms with Gasteiger partial charge in [-0.15, -0.1) is 0 Å². The van der Waals surface area contributed by atoms with E-state index in [4.69, 9.17) is 11.5 Å². The number of fused-ring (bicyclic) bond motifs is 7. The highest BCUT2D eigenvalue weighted by Crippen LogP contribution is 2.34. The summed E-state index contributed by atoms with van der Waals surface area (Å²) in [4.78, 5) is 32.5. The zero-order valence-electron chi connectivity index (χ0n) is 23.6. The number of aromatic nitrogens is 10. The highest BCUT2D eigenvalue weighted by atomic mass is 15.1. The van der Waals surface area contributed by atoms with Crippen molar-refractivity contribution >= 4 is 56.0 Å². The summed E-state index contributed by atoms with van der Waals surface area (Å²) in [5.74, 6) is 1.58. The number of hydrogen-bond donors (Lipinski definition) is 3. The molecule has 5 N–H and O–H groups in total. The van der Waals surface area contributed by atoms with Crippen LogP contribution >= 0.6 is 0 Å². The van der Waals surface area contributed by atoms with Gasteiger partial charge >= 0.3 is 0 Å². The molecule has 9 heterocycles. The van der Waals surface area contributed by atoms with E-state index in [9.17, 15) is 0 Å². The molecule has 0 aromatic carbocycles. The number of anilines is 2. The lowest BCUT2D eigenvalue weighted by Crippen LogP contribution is -2.00. The number of rotatable bonds is 1. The van der Waals surface area contributed by atoms with Gasteiger partial charge in [0.25, 0.3) is 0 Å². The maximum Gasteiger partial charge on any atom is 0.220 e. The predicted molar refractivity (Wildman–Crippen MR) is 172 cm³/mol. The monoisotopic (exact) mass is 578 g/mol. The van der Waals surface area contributed by atoms with Crippen molar-refractivity contribution in [2.45, 2.75) is 6.92 Å². The van der Waals surface area contributed by atoms with E-state index < -0.39 is 0 Å². The molecule has 0 amide bonds. The van der Waals surface area contributed by atoms with Gasteiger partial charge in [-0.1, -0.05) is 0 Å². The van der Waals surface area contributed by atoms with E-state index >= 15 is 0 Å². The number of nitrogens with two attached hydrogens (primary N) is 2. The minimum Gasteiger partial charge on any atom is -0.369 e. The normalized spacial score (nSPS) is 11.0. The molecule has 0 unspecified atom stereocenters. The summed E-state index contributed by atoms with van der Waals surface area (Å²) in [6.07, 6.45) is 12.3. The number of nitrogens with one attached hydrogen (secondary N) is 1. The summed E-state index contributed by atoms with van der Waals surface area (Å²) in [5.41, 5.74) is 18.1. The summed E-state index contributed by atoms with van der Waals surface area (Å²) in [6.45, 7) is 1.99. The van der Waals surface area contributed by atoms with Gasteiger partial charge in [-0.2, -0.15) is 0 Å². The molecule has 44 heavy (non-hydrogen) atoms. The molecule has 12 heteroatoms. The molecule has 0 saturated carbocycles. The SMILES string of the molecule is Cc1nccc2cc3cccnc3n12.Nc1nccc(-c2c3cccnc3n3c(N)nccc23)n1.c1cnc2[nH]ccc2c1. The van der Waals surface area contributed by atoms with Crippen molar-refractivity contribution in [2.24, 2.45) is 0 Å². The molecule has 9 aromatic heterocycles. The summed E-state index contributed by atoms with van der Waals surface area (Å²) >= 11 is 0. The Labute approximate surface area is 250 Å². The number of pyridine rings is 3.